The molecular weight excluding hydrogens is 446 g/mol. The molecule has 0 aliphatic carbocycles. The van der Waals surface area contributed by atoms with Gasteiger partial charge in [-0.15, -0.1) is 5.10 Å². The number of benzene rings is 1. The summed E-state index contributed by atoms with van der Waals surface area (Å²) < 4.78 is 26.3. The summed E-state index contributed by atoms with van der Waals surface area (Å²) in [4.78, 5) is 16.7. The van der Waals surface area contributed by atoms with Gasteiger partial charge in [0.25, 0.3) is 5.91 Å². The van der Waals surface area contributed by atoms with Crippen molar-refractivity contribution in [3.05, 3.63) is 57.9 Å². The minimum Gasteiger partial charge on any atom is -0.318 e. The van der Waals surface area contributed by atoms with Gasteiger partial charge in [-0.25, -0.2) is 8.42 Å². The monoisotopic (exact) mass is 469 g/mol. The Morgan fingerprint density at radius 3 is 2.59 bits per heavy atom. The van der Waals surface area contributed by atoms with E-state index in [-0.39, 0.29) is 26.7 Å². The van der Waals surface area contributed by atoms with E-state index in [0.29, 0.717) is 0 Å². The van der Waals surface area contributed by atoms with Crippen LogP contribution in [0.4, 0.5) is 0 Å². The predicted molar refractivity (Wildman–Crippen MR) is 129 cm³/mol. The van der Waals surface area contributed by atoms with E-state index in [2.05, 4.69) is 40.6 Å². The highest BCUT2D eigenvalue weighted by molar-refractivity contribution is 8.42. The van der Waals surface area contributed by atoms with Crippen LogP contribution in [0, 0.1) is 33.1 Å². The van der Waals surface area contributed by atoms with Crippen LogP contribution in [0.5, 0.6) is 0 Å². The Kier molecular flexibility index (Phi) is 5.46. The SMILES string of the molecule is CCS(=O)(=O)C1=NN2C(=N)/C(=C\c3cc(C)n(-c4cccc(C)c4C)c3C)C(=O)N=C2S1. The molecular formula is C22H23N5O3S2. The standard InChI is InChI=1S/C22H23N5O3S2/c1-6-32(29,30)22-25-27-19(23)17(20(28)24-21(27)31-22)11-16-10-13(3)26(15(16)5)18-9-7-8-12(2)14(18)4/h7-11,23H,6H2,1-5H3/b17-11+,23-19?. The zero-order valence-corrected chi connectivity index (χ0v) is 20.1. The molecule has 2 aliphatic rings. The molecule has 166 valence electrons. The molecule has 0 atom stereocenters. The van der Waals surface area contributed by atoms with E-state index in [1.54, 1.807) is 6.08 Å². The average molecular weight is 470 g/mol. The predicted octanol–water partition coefficient (Wildman–Crippen LogP) is 3.72. The highest BCUT2D eigenvalue weighted by atomic mass is 32.3. The maximum atomic E-state index is 12.7. The molecule has 3 heterocycles. The zero-order valence-electron chi connectivity index (χ0n) is 18.4. The van der Waals surface area contributed by atoms with Gasteiger partial charge in [0.2, 0.25) is 19.4 Å². The van der Waals surface area contributed by atoms with Crippen LogP contribution >= 0.6 is 11.8 Å². The Balaban J connectivity index is 1.77. The first kappa shape index (κ1) is 22.2. The second-order valence-electron chi connectivity index (χ2n) is 7.67. The number of carbonyl (C=O) groups excluding carboxylic acids is 1. The summed E-state index contributed by atoms with van der Waals surface area (Å²) in [6.07, 6.45) is 1.63. The van der Waals surface area contributed by atoms with Crippen LogP contribution in [-0.4, -0.2) is 45.0 Å². The van der Waals surface area contributed by atoms with Crippen molar-refractivity contribution in [2.24, 2.45) is 10.1 Å². The van der Waals surface area contributed by atoms with Crippen molar-refractivity contribution in [3.63, 3.8) is 0 Å². The Hall–Kier alpha value is -2.98. The van der Waals surface area contributed by atoms with E-state index in [0.717, 1.165) is 45.0 Å². The molecule has 1 N–H and O–H groups in total. The summed E-state index contributed by atoms with van der Waals surface area (Å²) in [6.45, 7) is 9.61. The number of amides is 1. The summed E-state index contributed by atoms with van der Waals surface area (Å²) in [5.41, 5.74) is 6.17. The highest BCUT2D eigenvalue weighted by Crippen LogP contribution is 2.32. The summed E-state index contributed by atoms with van der Waals surface area (Å²) in [7, 11) is -3.56. The van der Waals surface area contributed by atoms with Gasteiger partial charge in [-0.05, 0) is 74.4 Å². The van der Waals surface area contributed by atoms with Crippen LogP contribution in [0.1, 0.15) is 35.0 Å². The molecule has 1 aromatic carbocycles. The van der Waals surface area contributed by atoms with Gasteiger partial charge in [0.15, 0.2) is 5.84 Å². The summed E-state index contributed by atoms with van der Waals surface area (Å²) in [6, 6.07) is 8.08. The first-order chi connectivity index (χ1) is 15.0. The third-order valence-electron chi connectivity index (χ3n) is 5.67. The number of aliphatic imine (C=N–C) groups is 1. The van der Waals surface area contributed by atoms with Crippen LogP contribution in [0.2, 0.25) is 0 Å². The van der Waals surface area contributed by atoms with Crippen LogP contribution in [0.15, 0.2) is 39.9 Å². The van der Waals surface area contributed by atoms with Gasteiger partial charge in [-0.1, -0.05) is 19.1 Å². The largest absolute Gasteiger partial charge is 0.318 e. The summed E-state index contributed by atoms with van der Waals surface area (Å²) in [5, 5.41) is 13.7. The number of hydrogen-bond donors (Lipinski definition) is 1. The van der Waals surface area contributed by atoms with Gasteiger partial charge in [0.1, 0.15) is 0 Å². The van der Waals surface area contributed by atoms with Crippen LogP contribution in [0.25, 0.3) is 11.8 Å². The van der Waals surface area contributed by atoms with E-state index in [1.165, 1.54) is 12.5 Å². The smallest absolute Gasteiger partial charge is 0.283 e. The Labute approximate surface area is 191 Å². The number of fused-ring (bicyclic) bond motifs is 1. The topological polar surface area (TPSA) is 108 Å². The Morgan fingerprint density at radius 2 is 1.91 bits per heavy atom. The quantitative estimate of drug-likeness (QED) is 0.689. The van der Waals surface area contributed by atoms with E-state index in [9.17, 15) is 13.2 Å². The van der Waals surface area contributed by atoms with E-state index in [1.807, 2.05) is 26.0 Å². The molecule has 0 fully saturated rings. The summed E-state index contributed by atoms with van der Waals surface area (Å²) in [5.74, 6) is -0.894. The molecule has 0 unspecified atom stereocenters. The van der Waals surface area contributed by atoms with Gasteiger partial charge in [0.05, 0.1) is 11.3 Å². The van der Waals surface area contributed by atoms with Crippen LogP contribution < -0.4 is 0 Å². The first-order valence-electron chi connectivity index (χ1n) is 10.0. The fraction of sp³-hybridized carbons (Fsp3) is 0.273. The molecule has 0 saturated carbocycles. The molecule has 2 aliphatic heterocycles. The zero-order chi connectivity index (χ0) is 23.4. The lowest BCUT2D eigenvalue weighted by Gasteiger charge is -2.20. The Bertz CT molecular complexity index is 1380. The van der Waals surface area contributed by atoms with Crippen molar-refractivity contribution in [1.29, 1.82) is 5.41 Å². The number of nitrogens with zero attached hydrogens (tertiary/aromatic N) is 4. The molecule has 32 heavy (non-hydrogen) atoms. The fourth-order valence-electron chi connectivity index (χ4n) is 3.66. The average Bonchev–Trinajstić information content (AvgIpc) is 3.29. The molecule has 8 nitrogen and oxygen atoms in total. The number of nitrogens with one attached hydrogen (secondary N) is 1. The fourth-order valence-corrected chi connectivity index (χ4v) is 5.83. The molecule has 0 saturated heterocycles. The second kappa shape index (κ2) is 7.86. The van der Waals surface area contributed by atoms with Gasteiger partial charge in [0, 0.05) is 17.1 Å². The molecule has 0 radical (unpaired) electrons. The minimum atomic E-state index is -3.56. The molecule has 2 aromatic rings. The molecule has 1 aromatic heterocycles. The number of sulfone groups is 1. The van der Waals surface area contributed by atoms with E-state index >= 15 is 0 Å². The summed E-state index contributed by atoms with van der Waals surface area (Å²) >= 11 is 0.797. The lowest BCUT2D eigenvalue weighted by atomic mass is 10.1. The first-order valence-corrected chi connectivity index (χ1v) is 12.5. The van der Waals surface area contributed by atoms with Gasteiger partial charge in [-0.2, -0.15) is 10.0 Å². The van der Waals surface area contributed by atoms with Gasteiger partial charge in [-0.3, -0.25) is 10.2 Å². The molecule has 4 rings (SSSR count). The third-order valence-corrected chi connectivity index (χ3v) is 8.76. The maximum Gasteiger partial charge on any atom is 0.283 e. The van der Waals surface area contributed by atoms with Gasteiger partial charge < -0.3 is 4.57 Å². The lowest BCUT2D eigenvalue weighted by Crippen LogP contribution is -2.35. The van der Waals surface area contributed by atoms with E-state index in [4.69, 9.17) is 5.41 Å². The van der Waals surface area contributed by atoms with Crippen molar-refractivity contribution in [3.8, 4) is 5.69 Å². The van der Waals surface area contributed by atoms with Crippen LogP contribution in [-0.2, 0) is 14.6 Å². The second-order valence-corrected chi connectivity index (χ2v) is 11.1. The highest BCUT2D eigenvalue weighted by Gasteiger charge is 2.39. The maximum absolute atomic E-state index is 12.7. The van der Waals surface area contributed by atoms with Crippen molar-refractivity contribution in [1.82, 2.24) is 9.58 Å². The number of aromatic nitrogens is 1. The number of rotatable bonds is 3. The molecule has 0 spiro atoms. The molecule has 1 amide bonds. The van der Waals surface area contributed by atoms with Crippen molar-refractivity contribution in [2.75, 3.05) is 5.75 Å². The number of hydrazone groups is 1. The lowest BCUT2D eigenvalue weighted by molar-refractivity contribution is -0.114. The van der Waals surface area contributed by atoms with Crippen LogP contribution in [0.3, 0.4) is 0 Å². The third kappa shape index (κ3) is 3.53. The Morgan fingerprint density at radius 1 is 1.19 bits per heavy atom. The van der Waals surface area contributed by atoms with Crippen molar-refractivity contribution < 1.29 is 13.2 Å². The number of hydrogen-bond acceptors (Lipinski definition) is 6. The number of thioether (sulfide) groups is 1. The number of carbonyl (C=O) groups is 1. The van der Waals surface area contributed by atoms with Crippen molar-refractivity contribution in [2.45, 2.75) is 34.6 Å². The minimum absolute atomic E-state index is 0.0643. The van der Waals surface area contributed by atoms with Crippen molar-refractivity contribution >= 4 is 49.0 Å². The molecule has 0 bridgehead atoms. The van der Waals surface area contributed by atoms with Gasteiger partial charge >= 0.3 is 0 Å². The normalized spacial score (nSPS) is 17.7. The van der Waals surface area contributed by atoms with E-state index < -0.39 is 15.7 Å². The molecule has 10 heteroatoms. The number of aryl methyl sites for hydroxylation is 2. The number of amidine groups is 2.